The Morgan fingerprint density at radius 2 is 1.83 bits per heavy atom. The number of nitrogens with two attached hydrogens (primary N) is 1. The Hall–Kier alpha value is -1.59. The van der Waals surface area contributed by atoms with Crippen molar-refractivity contribution in [2.45, 2.75) is 4.90 Å². The fourth-order valence-corrected chi connectivity index (χ4v) is 2.44. The van der Waals surface area contributed by atoms with Gasteiger partial charge in [-0.3, -0.25) is 4.98 Å². The SMILES string of the molecule is CS(=O)(=O)c1ccc(-c2ncc(N)cc2Cl)cc1. The lowest BCUT2D eigenvalue weighted by molar-refractivity contribution is 0.602. The van der Waals surface area contributed by atoms with Crippen LogP contribution in [0.25, 0.3) is 11.3 Å². The second-order valence-corrected chi connectivity index (χ2v) is 6.32. The van der Waals surface area contributed by atoms with Crippen molar-refractivity contribution in [3.63, 3.8) is 0 Å². The Morgan fingerprint density at radius 3 is 2.33 bits per heavy atom. The van der Waals surface area contributed by atoms with Crippen LogP contribution in [-0.4, -0.2) is 19.7 Å². The van der Waals surface area contributed by atoms with Gasteiger partial charge in [0.2, 0.25) is 0 Å². The largest absolute Gasteiger partial charge is 0.397 e. The van der Waals surface area contributed by atoms with Crippen molar-refractivity contribution in [2.75, 3.05) is 12.0 Å². The van der Waals surface area contributed by atoms with Crippen LogP contribution in [0.3, 0.4) is 0 Å². The average Bonchev–Trinajstić information content (AvgIpc) is 2.28. The molecule has 0 aliphatic rings. The van der Waals surface area contributed by atoms with Gasteiger partial charge in [0.1, 0.15) is 0 Å². The zero-order chi connectivity index (χ0) is 13.3. The van der Waals surface area contributed by atoms with Gasteiger partial charge >= 0.3 is 0 Å². The molecule has 0 unspecified atom stereocenters. The third-order valence-electron chi connectivity index (χ3n) is 2.42. The van der Waals surface area contributed by atoms with Gasteiger partial charge in [-0.25, -0.2) is 8.42 Å². The zero-order valence-electron chi connectivity index (χ0n) is 9.59. The normalized spacial score (nSPS) is 11.4. The van der Waals surface area contributed by atoms with Crippen molar-refractivity contribution in [1.82, 2.24) is 4.98 Å². The van der Waals surface area contributed by atoms with Gasteiger partial charge in [-0.1, -0.05) is 23.7 Å². The number of pyridine rings is 1. The molecular weight excluding hydrogens is 272 g/mol. The van der Waals surface area contributed by atoms with E-state index in [0.29, 0.717) is 16.4 Å². The summed E-state index contributed by atoms with van der Waals surface area (Å²) in [6.45, 7) is 0. The van der Waals surface area contributed by atoms with Crippen molar-refractivity contribution < 1.29 is 8.42 Å². The Kier molecular flexibility index (Phi) is 3.28. The molecule has 0 saturated carbocycles. The van der Waals surface area contributed by atoms with Crippen LogP contribution in [0.1, 0.15) is 0 Å². The van der Waals surface area contributed by atoms with Gasteiger partial charge in [-0.2, -0.15) is 0 Å². The summed E-state index contributed by atoms with van der Waals surface area (Å²) < 4.78 is 22.7. The highest BCUT2D eigenvalue weighted by molar-refractivity contribution is 7.90. The molecule has 2 rings (SSSR count). The Bertz CT molecular complexity index is 682. The molecule has 0 spiro atoms. The third kappa shape index (κ3) is 2.63. The van der Waals surface area contributed by atoms with Gasteiger partial charge in [0.05, 0.1) is 27.5 Å². The van der Waals surface area contributed by atoms with Crippen LogP contribution in [0.5, 0.6) is 0 Å². The molecule has 1 aromatic carbocycles. The number of hydrogen-bond donors (Lipinski definition) is 1. The van der Waals surface area contributed by atoms with Crippen molar-refractivity contribution in [2.24, 2.45) is 0 Å². The number of nitrogen functional groups attached to an aromatic ring is 1. The first kappa shape index (κ1) is 12.9. The molecule has 0 atom stereocenters. The number of anilines is 1. The van der Waals surface area contributed by atoms with Crippen LogP contribution in [0.15, 0.2) is 41.4 Å². The predicted octanol–water partition coefficient (Wildman–Crippen LogP) is 2.39. The molecule has 4 nitrogen and oxygen atoms in total. The summed E-state index contributed by atoms with van der Waals surface area (Å²) in [6, 6.07) is 7.99. The first-order valence-corrected chi connectivity index (χ1v) is 7.36. The van der Waals surface area contributed by atoms with Crippen molar-refractivity contribution in [1.29, 1.82) is 0 Å². The first-order valence-electron chi connectivity index (χ1n) is 5.09. The molecule has 0 aliphatic carbocycles. The number of halogens is 1. The highest BCUT2D eigenvalue weighted by Crippen LogP contribution is 2.27. The fraction of sp³-hybridized carbons (Fsp3) is 0.0833. The third-order valence-corrected chi connectivity index (χ3v) is 3.83. The number of benzene rings is 1. The predicted molar refractivity (Wildman–Crippen MR) is 72.2 cm³/mol. The summed E-state index contributed by atoms with van der Waals surface area (Å²) in [5.41, 5.74) is 7.36. The van der Waals surface area contributed by atoms with E-state index in [2.05, 4.69) is 4.98 Å². The van der Waals surface area contributed by atoms with Crippen LogP contribution < -0.4 is 5.73 Å². The van der Waals surface area contributed by atoms with Crippen molar-refractivity contribution >= 4 is 27.1 Å². The van der Waals surface area contributed by atoms with Crippen molar-refractivity contribution in [3.8, 4) is 11.3 Å². The quantitative estimate of drug-likeness (QED) is 0.918. The number of sulfone groups is 1. The molecule has 2 aromatic rings. The molecule has 0 radical (unpaired) electrons. The van der Waals surface area contributed by atoms with Gasteiger partial charge in [-0.15, -0.1) is 0 Å². The molecule has 0 aliphatic heterocycles. The molecule has 1 heterocycles. The highest BCUT2D eigenvalue weighted by atomic mass is 35.5. The number of nitrogens with zero attached hydrogens (tertiary/aromatic N) is 1. The Morgan fingerprint density at radius 1 is 1.22 bits per heavy atom. The number of aromatic nitrogens is 1. The van der Waals surface area contributed by atoms with Gasteiger partial charge in [0.15, 0.2) is 9.84 Å². The minimum atomic E-state index is -3.19. The second-order valence-electron chi connectivity index (χ2n) is 3.90. The number of hydrogen-bond acceptors (Lipinski definition) is 4. The molecule has 2 N–H and O–H groups in total. The van der Waals surface area contributed by atoms with Crippen LogP contribution in [0.4, 0.5) is 5.69 Å². The number of rotatable bonds is 2. The lowest BCUT2D eigenvalue weighted by Crippen LogP contribution is -1.96. The van der Waals surface area contributed by atoms with Crippen LogP contribution in [0.2, 0.25) is 5.02 Å². The molecule has 6 heteroatoms. The summed E-state index contributed by atoms with van der Waals surface area (Å²) >= 11 is 6.03. The molecule has 0 bridgehead atoms. The van der Waals surface area contributed by atoms with Gasteiger partial charge in [0.25, 0.3) is 0 Å². The molecule has 0 amide bonds. The Balaban J connectivity index is 2.47. The fourth-order valence-electron chi connectivity index (χ4n) is 1.53. The van der Waals surface area contributed by atoms with E-state index in [1.165, 1.54) is 18.3 Å². The standard InChI is InChI=1S/C12H11ClN2O2S/c1-18(16,17)10-4-2-8(3-5-10)12-11(13)6-9(14)7-15-12/h2-7H,14H2,1H3. The Labute approximate surface area is 110 Å². The maximum absolute atomic E-state index is 11.3. The minimum absolute atomic E-state index is 0.262. The van der Waals surface area contributed by atoms with E-state index in [4.69, 9.17) is 17.3 Å². The smallest absolute Gasteiger partial charge is 0.175 e. The van der Waals surface area contributed by atoms with Crippen LogP contribution in [0, 0.1) is 0 Å². The average molecular weight is 283 g/mol. The summed E-state index contributed by atoms with van der Waals surface area (Å²) in [7, 11) is -3.19. The van der Waals surface area contributed by atoms with Crippen LogP contribution >= 0.6 is 11.6 Å². The summed E-state index contributed by atoms with van der Waals surface area (Å²) in [5.74, 6) is 0. The molecular formula is C12H11ClN2O2S. The van der Waals surface area contributed by atoms with E-state index in [0.717, 1.165) is 11.8 Å². The minimum Gasteiger partial charge on any atom is -0.397 e. The van der Waals surface area contributed by atoms with E-state index in [1.54, 1.807) is 18.2 Å². The maximum atomic E-state index is 11.3. The lowest BCUT2D eigenvalue weighted by atomic mass is 10.1. The highest BCUT2D eigenvalue weighted by Gasteiger charge is 2.09. The molecule has 1 aromatic heterocycles. The summed E-state index contributed by atoms with van der Waals surface area (Å²) in [6.07, 6.45) is 2.67. The topological polar surface area (TPSA) is 73.0 Å². The monoisotopic (exact) mass is 282 g/mol. The summed E-state index contributed by atoms with van der Waals surface area (Å²) in [4.78, 5) is 4.40. The summed E-state index contributed by atoms with van der Waals surface area (Å²) in [5, 5.41) is 0.433. The molecule has 94 valence electrons. The molecule has 18 heavy (non-hydrogen) atoms. The van der Waals surface area contributed by atoms with Gasteiger partial charge in [0, 0.05) is 11.8 Å². The van der Waals surface area contributed by atoms with Gasteiger partial charge in [-0.05, 0) is 18.2 Å². The molecule has 0 saturated heterocycles. The maximum Gasteiger partial charge on any atom is 0.175 e. The zero-order valence-corrected chi connectivity index (χ0v) is 11.2. The first-order chi connectivity index (χ1) is 8.38. The lowest BCUT2D eigenvalue weighted by Gasteiger charge is -2.05. The molecule has 0 fully saturated rings. The second kappa shape index (κ2) is 4.59. The van der Waals surface area contributed by atoms with E-state index >= 15 is 0 Å². The van der Waals surface area contributed by atoms with E-state index in [9.17, 15) is 8.42 Å². The van der Waals surface area contributed by atoms with Crippen LogP contribution in [-0.2, 0) is 9.84 Å². The van der Waals surface area contributed by atoms with E-state index < -0.39 is 9.84 Å². The van der Waals surface area contributed by atoms with E-state index in [1.807, 2.05) is 0 Å². The van der Waals surface area contributed by atoms with E-state index in [-0.39, 0.29) is 4.90 Å². The van der Waals surface area contributed by atoms with Gasteiger partial charge < -0.3 is 5.73 Å². The van der Waals surface area contributed by atoms with Crippen molar-refractivity contribution in [3.05, 3.63) is 41.6 Å².